The molecule has 2 aliphatic carbocycles. The van der Waals surface area contributed by atoms with Crippen molar-refractivity contribution in [2.45, 2.75) is 57.9 Å². The summed E-state index contributed by atoms with van der Waals surface area (Å²) in [7, 11) is 2.32. The second-order valence-corrected chi connectivity index (χ2v) is 5.29. The molecule has 0 aromatic rings. The van der Waals surface area contributed by atoms with Crippen LogP contribution in [-0.2, 0) is 0 Å². The van der Waals surface area contributed by atoms with E-state index in [9.17, 15) is 0 Å². The molecule has 2 fully saturated rings. The summed E-state index contributed by atoms with van der Waals surface area (Å²) in [6.45, 7) is 3.53. The number of fused-ring (bicyclic) bond motifs is 1. The molecular formula is C13H25N. The Morgan fingerprint density at radius 2 is 1.79 bits per heavy atom. The average Bonchev–Trinajstić information content (AvgIpc) is 2.94. The van der Waals surface area contributed by atoms with Gasteiger partial charge in [-0.05, 0) is 38.3 Å². The van der Waals surface area contributed by atoms with Crippen LogP contribution in [0.2, 0.25) is 0 Å². The van der Waals surface area contributed by atoms with Gasteiger partial charge in [0.1, 0.15) is 0 Å². The van der Waals surface area contributed by atoms with Crippen molar-refractivity contribution in [3.8, 4) is 0 Å². The zero-order valence-corrected chi connectivity index (χ0v) is 9.84. The van der Waals surface area contributed by atoms with Gasteiger partial charge < -0.3 is 4.90 Å². The van der Waals surface area contributed by atoms with Gasteiger partial charge in [0, 0.05) is 6.04 Å². The van der Waals surface area contributed by atoms with Gasteiger partial charge in [-0.15, -0.1) is 0 Å². The zero-order chi connectivity index (χ0) is 9.97. The van der Waals surface area contributed by atoms with Crippen LogP contribution < -0.4 is 0 Å². The summed E-state index contributed by atoms with van der Waals surface area (Å²) in [6, 6.07) is 0.920. The molecule has 0 heterocycles. The summed E-state index contributed by atoms with van der Waals surface area (Å²) >= 11 is 0. The predicted octanol–water partition coefficient (Wildman–Crippen LogP) is 3.30. The van der Waals surface area contributed by atoms with Gasteiger partial charge in [0.15, 0.2) is 0 Å². The van der Waals surface area contributed by atoms with Gasteiger partial charge in [-0.3, -0.25) is 0 Å². The van der Waals surface area contributed by atoms with Gasteiger partial charge in [0.25, 0.3) is 0 Å². The Bertz CT molecular complexity index is 178. The van der Waals surface area contributed by atoms with Crippen molar-refractivity contribution < 1.29 is 0 Å². The van der Waals surface area contributed by atoms with Crippen molar-refractivity contribution >= 4 is 0 Å². The Morgan fingerprint density at radius 3 is 2.50 bits per heavy atom. The number of hydrogen-bond acceptors (Lipinski definition) is 1. The third kappa shape index (κ3) is 2.31. The van der Waals surface area contributed by atoms with Gasteiger partial charge in [-0.25, -0.2) is 0 Å². The van der Waals surface area contributed by atoms with Crippen LogP contribution in [0, 0.1) is 11.8 Å². The van der Waals surface area contributed by atoms with Crippen LogP contribution in [0.4, 0.5) is 0 Å². The van der Waals surface area contributed by atoms with Crippen molar-refractivity contribution in [3.05, 3.63) is 0 Å². The molecule has 0 aromatic carbocycles. The van der Waals surface area contributed by atoms with E-state index in [1.165, 1.54) is 51.5 Å². The topological polar surface area (TPSA) is 3.24 Å². The minimum absolute atomic E-state index is 0.920. The molecule has 0 N–H and O–H groups in total. The Morgan fingerprint density at radius 1 is 1.07 bits per heavy atom. The predicted molar refractivity (Wildman–Crippen MR) is 61.4 cm³/mol. The van der Waals surface area contributed by atoms with Gasteiger partial charge in [-0.1, -0.05) is 39.0 Å². The second kappa shape index (κ2) is 4.65. The lowest BCUT2D eigenvalue weighted by Gasteiger charge is -2.27. The molecule has 0 aliphatic heterocycles. The van der Waals surface area contributed by atoms with Crippen molar-refractivity contribution in [2.24, 2.45) is 11.8 Å². The highest BCUT2D eigenvalue weighted by Crippen LogP contribution is 2.48. The first-order valence-electron chi connectivity index (χ1n) is 6.53. The van der Waals surface area contributed by atoms with Crippen LogP contribution in [0.25, 0.3) is 0 Å². The third-order valence-electron chi connectivity index (χ3n) is 4.36. The van der Waals surface area contributed by atoms with E-state index in [2.05, 4.69) is 18.9 Å². The minimum Gasteiger partial charge on any atom is -0.303 e. The largest absolute Gasteiger partial charge is 0.303 e. The van der Waals surface area contributed by atoms with Crippen LogP contribution >= 0.6 is 0 Å². The lowest BCUT2D eigenvalue weighted by atomic mass is 10.0. The monoisotopic (exact) mass is 195 g/mol. The van der Waals surface area contributed by atoms with Crippen molar-refractivity contribution in [2.75, 3.05) is 13.6 Å². The van der Waals surface area contributed by atoms with Gasteiger partial charge in [-0.2, -0.15) is 0 Å². The van der Waals surface area contributed by atoms with Crippen molar-refractivity contribution in [1.29, 1.82) is 0 Å². The first-order valence-corrected chi connectivity index (χ1v) is 6.53. The van der Waals surface area contributed by atoms with E-state index < -0.39 is 0 Å². The molecule has 2 aliphatic rings. The number of nitrogens with zero attached hydrogens (tertiary/aromatic N) is 1. The van der Waals surface area contributed by atoms with Crippen LogP contribution in [-0.4, -0.2) is 24.5 Å². The average molecular weight is 195 g/mol. The van der Waals surface area contributed by atoms with Crippen LogP contribution in [0.15, 0.2) is 0 Å². The smallest absolute Gasteiger partial charge is 0.0123 e. The molecule has 1 heteroatoms. The third-order valence-corrected chi connectivity index (χ3v) is 4.36. The Balaban J connectivity index is 1.92. The highest BCUT2D eigenvalue weighted by Gasteiger charge is 2.43. The maximum atomic E-state index is 2.59. The maximum Gasteiger partial charge on any atom is 0.0123 e. The molecule has 1 nitrogen and oxygen atoms in total. The molecular weight excluding hydrogens is 170 g/mol. The second-order valence-electron chi connectivity index (χ2n) is 5.29. The van der Waals surface area contributed by atoms with E-state index >= 15 is 0 Å². The van der Waals surface area contributed by atoms with Gasteiger partial charge in [0.05, 0.1) is 0 Å². The van der Waals surface area contributed by atoms with E-state index in [4.69, 9.17) is 0 Å². The molecule has 3 atom stereocenters. The molecule has 2 rings (SSSR count). The summed E-state index contributed by atoms with van der Waals surface area (Å²) in [5.41, 5.74) is 0. The molecule has 2 saturated carbocycles. The molecule has 0 amide bonds. The molecule has 0 radical (unpaired) electrons. The Hall–Kier alpha value is -0.0400. The fourth-order valence-corrected chi connectivity index (χ4v) is 3.18. The fraction of sp³-hybridized carbons (Fsp3) is 1.00. The van der Waals surface area contributed by atoms with E-state index in [0.29, 0.717) is 0 Å². The van der Waals surface area contributed by atoms with E-state index in [-0.39, 0.29) is 0 Å². The summed E-state index contributed by atoms with van der Waals surface area (Å²) in [6.07, 6.45) is 10.5. The normalized spacial score (nSPS) is 38.4. The van der Waals surface area contributed by atoms with Crippen LogP contribution in [0.5, 0.6) is 0 Å². The quantitative estimate of drug-likeness (QED) is 0.653. The summed E-state index contributed by atoms with van der Waals surface area (Å²) in [5, 5.41) is 0. The van der Waals surface area contributed by atoms with E-state index in [1.807, 2.05) is 0 Å². The van der Waals surface area contributed by atoms with E-state index in [1.54, 1.807) is 0 Å². The summed E-state index contributed by atoms with van der Waals surface area (Å²) in [5.74, 6) is 2.17. The van der Waals surface area contributed by atoms with Crippen molar-refractivity contribution in [1.82, 2.24) is 4.90 Å². The molecule has 14 heavy (non-hydrogen) atoms. The minimum atomic E-state index is 0.920. The summed E-state index contributed by atoms with van der Waals surface area (Å²) in [4.78, 5) is 2.59. The molecule has 0 spiro atoms. The summed E-state index contributed by atoms with van der Waals surface area (Å²) < 4.78 is 0. The Labute approximate surface area is 88.9 Å². The lowest BCUT2D eigenvalue weighted by molar-refractivity contribution is 0.207. The molecule has 82 valence electrons. The number of hydrogen-bond donors (Lipinski definition) is 0. The first-order chi connectivity index (χ1) is 6.83. The van der Waals surface area contributed by atoms with Gasteiger partial charge >= 0.3 is 0 Å². The van der Waals surface area contributed by atoms with Gasteiger partial charge in [0.2, 0.25) is 0 Å². The zero-order valence-electron chi connectivity index (χ0n) is 9.84. The van der Waals surface area contributed by atoms with Crippen molar-refractivity contribution in [3.63, 3.8) is 0 Å². The first kappa shape index (κ1) is 10.5. The molecule has 0 saturated heterocycles. The molecule has 3 unspecified atom stereocenters. The standard InChI is InChI=1S/C13H25N/c1-3-14(2)13-9-7-5-4-6-8-11-10-12(11)13/h11-13H,3-10H2,1-2H3. The highest BCUT2D eigenvalue weighted by molar-refractivity contribution is 4.95. The SMILES string of the molecule is CCN(C)C1CCCCCCC2CC21. The van der Waals surface area contributed by atoms with Crippen LogP contribution in [0.3, 0.4) is 0 Å². The molecule has 0 aromatic heterocycles. The van der Waals surface area contributed by atoms with E-state index in [0.717, 1.165) is 17.9 Å². The number of rotatable bonds is 2. The highest BCUT2D eigenvalue weighted by atomic mass is 15.1. The fourth-order valence-electron chi connectivity index (χ4n) is 3.18. The molecule has 0 bridgehead atoms. The Kier molecular flexibility index (Phi) is 3.48. The maximum absolute atomic E-state index is 2.59. The van der Waals surface area contributed by atoms with Crippen LogP contribution in [0.1, 0.15) is 51.9 Å². The lowest BCUT2D eigenvalue weighted by Crippen LogP contribution is -2.33.